The first-order valence-electron chi connectivity index (χ1n) is 6.58. The summed E-state index contributed by atoms with van der Waals surface area (Å²) in [5, 5.41) is 10.5. The molecule has 11 heteroatoms. The van der Waals surface area contributed by atoms with Crippen molar-refractivity contribution >= 4 is 5.84 Å². The highest BCUT2D eigenvalue weighted by atomic mass is 19.4. The van der Waals surface area contributed by atoms with Crippen LogP contribution in [-0.4, -0.2) is 34.1 Å². The van der Waals surface area contributed by atoms with Crippen LogP contribution < -0.4 is 5.73 Å². The number of amidine groups is 1. The standard InChI is InChI=1S/C10H11F7N4.C2H6/c11-7(12)4-5-3-6(8(18)19)20-21(5)2-1-9(13,14)10(15,16)17;1-2/h3,7H,1-2,4H2,(H3,18,19);1-2H3. The van der Waals surface area contributed by atoms with E-state index in [1.807, 2.05) is 13.8 Å². The summed E-state index contributed by atoms with van der Waals surface area (Å²) in [4.78, 5) is 0. The summed E-state index contributed by atoms with van der Waals surface area (Å²) in [5.74, 6) is -5.57. The molecule has 0 spiro atoms. The highest BCUT2D eigenvalue weighted by molar-refractivity contribution is 5.93. The molecule has 0 aliphatic carbocycles. The number of halogens is 7. The van der Waals surface area contributed by atoms with Crippen molar-refractivity contribution < 1.29 is 30.7 Å². The second kappa shape index (κ2) is 8.16. The number of hydrogen-bond donors (Lipinski definition) is 2. The van der Waals surface area contributed by atoms with Crippen molar-refractivity contribution in [2.75, 3.05) is 0 Å². The molecule has 1 rings (SSSR count). The van der Waals surface area contributed by atoms with E-state index >= 15 is 0 Å². The number of rotatable bonds is 6. The van der Waals surface area contributed by atoms with Gasteiger partial charge in [-0.15, -0.1) is 0 Å². The van der Waals surface area contributed by atoms with Gasteiger partial charge in [-0.2, -0.15) is 27.1 Å². The molecular formula is C12H17F7N4. The van der Waals surface area contributed by atoms with Crippen LogP contribution in [0.5, 0.6) is 0 Å². The lowest BCUT2D eigenvalue weighted by atomic mass is 10.2. The molecule has 0 aromatic carbocycles. The van der Waals surface area contributed by atoms with Crippen LogP contribution in [0.25, 0.3) is 0 Å². The van der Waals surface area contributed by atoms with E-state index in [-0.39, 0.29) is 11.4 Å². The summed E-state index contributed by atoms with van der Waals surface area (Å²) in [7, 11) is 0. The molecule has 0 aliphatic heterocycles. The van der Waals surface area contributed by atoms with Crippen molar-refractivity contribution in [2.45, 2.75) is 51.8 Å². The smallest absolute Gasteiger partial charge is 0.382 e. The summed E-state index contributed by atoms with van der Waals surface area (Å²) in [6.07, 6.45) is -11.1. The molecule has 0 amide bonds. The van der Waals surface area contributed by atoms with E-state index in [9.17, 15) is 30.7 Å². The van der Waals surface area contributed by atoms with E-state index < -0.39 is 43.7 Å². The third-order valence-electron chi connectivity index (χ3n) is 2.56. The van der Waals surface area contributed by atoms with Crippen LogP contribution in [0.15, 0.2) is 6.07 Å². The summed E-state index contributed by atoms with van der Waals surface area (Å²) in [6.45, 7) is 3.07. The number of nitrogens with two attached hydrogens (primary N) is 1. The van der Waals surface area contributed by atoms with E-state index in [2.05, 4.69) is 5.10 Å². The first kappa shape index (κ1) is 21.2. The molecule has 0 saturated carbocycles. The van der Waals surface area contributed by atoms with Crippen molar-refractivity contribution in [3.05, 3.63) is 17.5 Å². The molecule has 4 nitrogen and oxygen atoms in total. The number of nitrogen functional groups attached to an aromatic ring is 1. The minimum Gasteiger partial charge on any atom is -0.382 e. The normalized spacial score (nSPS) is 12.1. The quantitative estimate of drug-likeness (QED) is 0.468. The van der Waals surface area contributed by atoms with Gasteiger partial charge in [0.15, 0.2) is 0 Å². The van der Waals surface area contributed by atoms with E-state index in [1.54, 1.807) is 0 Å². The SMILES string of the molecule is CC.N=C(N)c1cc(CC(F)F)n(CCC(F)(F)C(F)(F)F)n1. The zero-order valence-electron chi connectivity index (χ0n) is 12.4. The molecule has 0 fully saturated rings. The Kier molecular flexibility index (Phi) is 7.52. The van der Waals surface area contributed by atoms with E-state index in [0.29, 0.717) is 4.68 Å². The van der Waals surface area contributed by atoms with Crippen molar-refractivity contribution in [2.24, 2.45) is 5.73 Å². The number of nitrogens with zero attached hydrogens (tertiary/aromatic N) is 2. The van der Waals surface area contributed by atoms with Crippen LogP contribution >= 0.6 is 0 Å². The van der Waals surface area contributed by atoms with Crippen molar-refractivity contribution in [1.29, 1.82) is 5.41 Å². The fourth-order valence-electron chi connectivity index (χ4n) is 1.49. The maximum absolute atomic E-state index is 12.8. The molecule has 134 valence electrons. The Morgan fingerprint density at radius 2 is 1.78 bits per heavy atom. The number of hydrogen-bond acceptors (Lipinski definition) is 2. The van der Waals surface area contributed by atoms with Crippen molar-refractivity contribution in [3.8, 4) is 0 Å². The fraction of sp³-hybridized carbons (Fsp3) is 0.667. The first-order chi connectivity index (χ1) is 10.4. The minimum absolute atomic E-state index is 0.263. The van der Waals surface area contributed by atoms with Gasteiger partial charge in [0.1, 0.15) is 11.5 Å². The van der Waals surface area contributed by atoms with Gasteiger partial charge in [-0.05, 0) is 6.07 Å². The van der Waals surface area contributed by atoms with Crippen molar-refractivity contribution in [1.82, 2.24) is 9.78 Å². The molecule has 1 aromatic heterocycles. The third kappa shape index (κ3) is 6.06. The Labute approximate surface area is 128 Å². The van der Waals surface area contributed by atoms with Gasteiger partial charge in [-0.25, -0.2) is 8.78 Å². The lowest BCUT2D eigenvalue weighted by Gasteiger charge is -2.19. The van der Waals surface area contributed by atoms with Crippen LogP contribution in [0.1, 0.15) is 31.7 Å². The van der Waals surface area contributed by atoms with Gasteiger partial charge in [0.25, 0.3) is 0 Å². The number of nitrogens with one attached hydrogen (secondary N) is 1. The van der Waals surface area contributed by atoms with Crippen molar-refractivity contribution in [3.63, 3.8) is 0 Å². The van der Waals surface area contributed by atoms with Crippen LogP contribution in [-0.2, 0) is 13.0 Å². The van der Waals surface area contributed by atoms with Crippen LogP contribution in [0, 0.1) is 5.41 Å². The summed E-state index contributed by atoms with van der Waals surface area (Å²) < 4.78 is 86.9. The second-order valence-electron chi connectivity index (χ2n) is 4.21. The van der Waals surface area contributed by atoms with Gasteiger partial charge >= 0.3 is 12.1 Å². The van der Waals surface area contributed by atoms with Crippen LogP contribution in [0.4, 0.5) is 30.7 Å². The molecule has 0 bridgehead atoms. The molecule has 0 aliphatic rings. The largest absolute Gasteiger partial charge is 0.453 e. The Morgan fingerprint density at radius 1 is 1.26 bits per heavy atom. The predicted octanol–water partition coefficient (Wildman–Crippen LogP) is 3.59. The number of aromatic nitrogens is 2. The molecular weight excluding hydrogens is 333 g/mol. The third-order valence-corrected chi connectivity index (χ3v) is 2.56. The Bertz CT molecular complexity index is 508. The van der Waals surface area contributed by atoms with Gasteiger partial charge in [-0.1, -0.05) is 13.8 Å². The maximum Gasteiger partial charge on any atom is 0.453 e. The predicted molar refractivity (Wildman–Crippen MR) is 69.9 cm³/mol. The van der Waals surface area contributed by atoms with E-state index in [1.165, 1.54) is 0 Å². The molecule has 23 heavy (non-hydrogen) atoms. The first-order valence-corrected chi connectivity index (χ1v) is 6.58. The Hall–Kier alpha value is -1.81. The minimum atomic E-state index is -5.73. The molecule has 1 aromatic rings. The van der Waals surface area contributed by atoms with Gasteiger partial charge < -0.3 is 5.73 Å². The lowest BCUT2D eigenvalue weighted by molar-refractivity contribution is -0.285. The molecule has 3 N–H and O–H groups in total. The highest BCUT2D eigenvalue weighted by Gasteiger charge is 2.56. The average molecular weight is 350 g/mol. The molecule has 1 heterocycles. The molecule has 0 radical (unpaired) electrons. The maximum atomic E-state index is 12.8. The number of alkyl halides is 7. The summed E-state index contributed by atoms with van der Waals surface area (Å²) >= 11 is 0. The van der Waals surface area contributed by atoms with E-state index in [0.717, 1.165) is 6.07 Å². The second-order valence-corrected chi connectivity index (χ2v) is 4.21. The zero-order valence-corrected chi connectivity index (χ0v) is 12.4. The monoisotopic (exact) mass is 350 g/mol. The molecule has 0 atom stereocenters. The summed E-state index contributed by atoms with van der Waals surface area (Å²) in [5.41, 5.74) is 4.54. The number of aryl methyl sites for hydroxylation is 1. The lowest BCUT2D eigenvalue weighted by Crippen LogP contribution is -2.37. The fourth-order valence-corrected chi connectivity index (χ4v) is 1.49. The summed E-state index contributed by atoms with van der Waals surface area (Å²) in [6, 6.07) is 0.959. The highest BCUT2D eigenvalue weighted by Crippen LogP contribution is 2.38. The average Bonchev–Trinajstić information content (AvgIpc) is 2.80. The Balaban J connectivity index is 0.00000232. The van der Waals surface area contributed by atoms with Gasteiger partial charge in [0, 0.05) is 18.7 Å². The molecule has 0 saturated heterocycles. The topological polar surface area (TPSA) is 67.7 Å². The van der Waals surface area contributed by atoms with E-state index in [4.69, 9.17) is 11.1 Å². The Morgan fingerprint density at radius 3 is 2.17 bits per heavy atom. The van der Waals surface area contributed by atoms with Gasteiger partial charge in [0.05, 0.1) is 6.42 Å². The van der Waals surface area contributed by atoms with Gasteiger partial charge in [-0.3, -0.25) is 10.1 Å². The zero-order chi connectivity index (χ0) is 18.4. The van der Waals surface area contributed by atoms with Crippen LogP contribution in [0.2, 0.25) is 0 Å². The molecule has 0 unspecified atom stereocenters. The van der Waals surface area contributed by atoms with Gasteiger partial charge in [0.2, 0.25) is 6.43 Å². The van der Waals surface area contributed by atoms with Crippen LogP contribution in [0.3, 0.4) is 0 Å².